The van der Waals surface area contributed by atoms with Crippen molar-refractivity contribution in [2.24, 2.45) is 0 Å². The van der Waals surface area contributed by atoms with E-state index in [1.807, 2.05) is 18.4 Å². The summed E-state index contributed by atoms with van der Waals surface area (Å²) in [4.78, 5) is 7.46. The number of ether oxygens (including phenoxy) is 2. The Morgan fingerprint density at radius 1 is 0.968 bits per heavy atom. The van der Waals surface area contributed by atoms with Gasteiger partial charge in [-0.05, 0) is 48.9 Å². The minimum atomic E-state index is -0.431. The summed E-state index contributed by atoms with van der Waals surface area (Å²) in [5.74, 6) is 0.868. The Balaban J connectivity index is 1.57. The fourth-order valence-electron chi connectivity index (χ4n) is 5.36. The van der Waals surface area contributed by atoms with Crippen LogP contribution in [0, 0.1) is 0 Å². The summed E-state index contributed by atoms with van der Waals surface area (Å²) in [7, 11) is 0. The number of hydrogen-bond acceptors (Lipinski definition) is 5. The van der Waals surface area contributed by atoms with Crippen molar-refractivity contribution in [1.29, 1.82) is 0 Å². The van der Waals surface area contributed by atoms with Crippen LogP contribution in [0.4, 0.5) is 5.69 Å². The van der Waals surface area contributed by atoms with Gasteiger partial charge in [-0.1, -0.05) is 42.5 Å². The zero-order valence-corrected chi connectivity index (χ0v) is 17.6. The van der Waals surface area contributed by atoms with Crippen LogP contribution in [0.15, 0.2) is 97.0 Å². The topological polar surface area (TPSA) is 28.2 Å². The Labute approximate surface area is 183 Å². The van der Waals surface area contributed by atoms with E-state index < -0.39 is 5.66 Å². The lowest BCUT2D eigenvalue weighted by Crippen LogP contribution is -2.62. The Morgan fingerprint density at radius 3 is 2.68 bits per heavy atom. The van der Waals surface area contributed by atoms with E-state index in [9.17, 15) is 0 Å². The minimum Gasteiger partial charge on any atom is -0.486 e. The second-order valence-corrected chi connectivity index (χ2v) is 8.40. The molecule has 1 aromatic carbocycles. The van der Waals surface area contributed by atoms with Crippen molar-refractivity contribution in [1.82, 2.24) is 9.80 Å². The van der Waals surface area contributed by atoms with E-state index >= 15 is 0 Å². The quantitative estimate of drug-likeness (QED) is 0.694. The van der Waals surface area contributed by atoms with Crippen LogP contribution >= 0.6 is 0 Å². The number of hydrogen-bond donors (Lipinski definition) is 0. The predicted octanol–water partition coefficient (Wildman–Crippen LogP) is 4.06. The van der Waals surface area contributed by atoms with Crippen molar-refractivity contribution in [3.8, 4) is 0 Å². The van der Waals surface area contributed by atoms with Crippen molar-refractivity contribution < 1.29 is 9.47 Å². The maximum atomic E-state index is 6.28. The van der Waals surface area contributed by atoms with E-state index in [4.69, 9.17) is 9.47 Å². The molecule has 2 unspecified atom stereocenters. The van der Waals surface area contributed by atoms with Crippen LogP contribution in [0.5, 0.6) is 0 Å². The van der Waals surface area contributed by atoms with Crippen LogP contribution in [0.25, 0.3) is 0 Å². The van der Waals surface area contributed by atoms with Gasteiger partial charge in [0.2, 0.25) is 0 Å². The van der Waals surface area contributed by atoms with Gasteiger partial charge in [0.1, 0.15) is 5.70 Å². The largest absolute Gasteiger partial charge is 0.486 e. The van der Waals surface area contributed by atoms with Crippen molar-refractivity contribution >= 4 is 5.69 Å². The lowest BCUT2D eigenvalue weighted by molar-refractivity contribution is 0.0439. The van der Waals surface area contributed by atoms with Gasteiger partial charge in [0, 0.05) is 31.9 Å². The third-order valence-corrected chi connectivity index (χ3v) is 6.75. The highest BCUT2D eigenvalue weighted by Gasteiger charge is 2.51. The molecule has 31 heavy (non-hydrogen) atoms. The molecular weight excluding hydrogens is 386 g/mol. The molecule has 0 bridgehead atoms. The van der Waals surface area contributed by atoms with Gasteiger partial charge in [-0.2, -0.15) is 0 Å². The zero-order chi connectivity index (χ0) is 20.7. The molecule has 0 amide bonds. The first kappa shape index (κ1) is 18.6. The van der Waals surface area contributed by atoms with Gasteiger partial charge in [0.25, 0.3) is 0 Å². The Kier molecular flexibility index (Phi) is 4.50. The molecule has 0 saturated heterocycles. The van der Waals surface area contributed by atoms with E-state index in [-0.39, 0.29) is 6.10 Å². The van der Waals surface area contributed by atoms with Gasteiger partial charge in [-0.3, -0.25) is 4.90 Å². The van der Waals surface area contributed by atoms with Gasteiger partial charge >= 0.3 is 0 Å². The lowest BCUT2D eigenvalue weighted by Gasteiger charge is -2.52. The maximum Gasteiger partial charge on any atom is 0.176 e. The fraction of sp³-hybridized carbons (Fsp3) is 0.308. The van der Waals surface area contributed by atoms with Crippen molar-refractivity contribution in [2.45, 2.75) is 24.6 Å². The standard InChI is InChI=1S/C26H27N3O2/c1-2-10-22-21(9-1)12-18-29(22)25-24(23-11-3-8-19-30-23)31-20-13-26(25,27-14-4-5-15-27)28-16-6-7-17-28/h1-6,8-11,13,16,19-20,23H,7,12,14-15,17-18H2. The van der Waals surface area contributed by atoms with Gasteiger partial charge in [-0.15, -0.1) is 0 Å². The average Bonchev–Trinajstić information content (AvgIpc) is 3.61. The van der Waals surface area contributed by atoms with Crippen molar-refractivity contribution in [3.63, 3.8) is 0 Å². The molecule has 0 fully saturated rings. The first-order valence-corrected chi connectivity index (χ1v) is 11.1. The number of rotatable bonds is 4. The molecule has 158 valence electrons. The van der Waals surface area contributed by atoms with Crippen LogP contribution < -0.4 is 4.90 Å². The van der Waals surface area contributed by atoms with E-state index in [2.05, 4.69) is 75.5 Å². The molecular formula is C26H27N3O2. The van der Waals surface area contributed by atoms with Crippen LogP contribution in [-0.2, 0) is 15.9 Å². The van der Waals surface area contributed by atoms with Gasteiger partial charge in [-0.25, -0.2) is 0 Å². The number of anilines is 1. The normalized spacial score (nSPS) is 29.1. The summed E-state index contributed by atoms with van der Waals surface area (Å²) in [5, 5.41) is 0. The molecule has 5 heteroatoms. The van der Waals surface area contributed by atoms with E-state index in [0.29, 0.717) is 0 Å². The van der Waals surface area contributed by atoms with E-state index in [1.54, 1.807) is 6.26 Å². The molecule has 0 aromatic heterocycles. The Hall–Kier alpha value is -3.18. The monoisotopic (exact) mass is 413 g/mol. The van der Waals surface area contributed by atoms with Crippen molar-refractivity contribution in [3.05, 3.63) is 103 Å². The fourth-order valence-corrected chi connectivity index (χ4v) is 5.36. The molecule has 0 saturated carbocycles. The SMILES string of the molecule is C1=COC(C2=C(N3CCc4ccccc43)C(N3C=CCC3)(N3CC=CC3)C=CO2)C=C1. The summed E-state index contributed by atoms with van der Waals surface area (Å²) < 4.78 is 12.3. The highest BCUT2D eigenvalue weighted by Crippen LogP contribution is 2.45. The molecule has 0 radical (unpaired) electrons. The average molecular weight is 414 g/mol. The van der Waals surface area contributed by atoms with Crippen LogP contribution in [0.3, 0.4) is 0 Å². The molecule has 6 rings (SSSR count). The van der Waals surface area contributed by atoms with E-state index in [0.717, 1.165) is 44.8 Å². The number of para-hydroxylation sites is 1. The predicted molar refractivity (Wildman–Crippen MR) is 122 cm³/mol. The van der Waals surface area contributed by atoms with E-state index in [1.165, 1.54) is 16.9 Å². The maximum absolute atomic E-state index is 6.28. The summed E-state index contributed by atoms with van der Waals surface area (Å²) >= 11 is 0. The molecule has 0 N–H and O–H groups in total. The zero-order valence-electron chi connectivity index (χ0n) is 17.6. The van der Waals surface area contributed by atoms with Crippen LogP contribution in [-0.4, -0.2) is 47.7 Å². The van der Waals surface area contributed by atoms with Crippen LogP contribution in [0.2, 0.25) is 0 Å². The summed E-state index contributed by atoms with van der Waals surface area (Å²) in [6.45, 7) is 3.72. The first-order chi connectivity index (χ1) is 15.4. The summed E-state index contributed by atoms with van der Waals surface area (Å²) in [5.41, 5.74) is 3.39. The minimum absolute atomic E-state index is 0.251. The number of benzene rings is 1. The van der Waals surface area contributed by atoms with Gasteiger partial charge in [0.15, 0.2) is 17.5 Å². The first-order valence-electron chi connectivity index (χ1n) is 11.1. The molecule has 5 aliphatic heterocycles. The second kappa shape index (κ2) is 7.50. The molecule has 0 aliphatic carbocycles. The molecule has 2 atom stereocenters. The molecule has 5 heterocycles. The third kappa shape index (κ3) is 2.87. The van der Waals surface area contributed by atoms with Gasteiger partial charge < -0.3 is 19.3 Å². The molecule has 1 aromatic rings. The summed E-state index contributed by atoms with van der Waals surface area (Å²) in [6, 6.07) is 8.73. The summed E-state index contributed by atoms with van der Waals surface area (Å²) in [6.07, 6.45) is 22.8. The number of allylic oxidation sites excluding steroid dienone is 2. The number of fused-ring (bicyclic) bond motifs is 1. The highest BCUT2D eigenvalue weighted by molar-refractivity contribution is 5.65. The Bertz CT molecular complexity index is 1040. The number of nitrogens with zero attached hydrogens (tertiary/aromatic N) is 3. The molecule has 5 nitrogen and oxygen atoms in total. The smallest absolute Gasteiger partial charge is 0.176 e. The van der Waals surface area contributed by atoms with Crippen molar-refractivity contribution in [2.75, 3.05) is 31.1 Å². The lowest BCUT2D eigenvalue weighted by atomic mass is 9.94. The third-order valence-electron chi connectivity index (χ3n) is 6.75. The van der Waals surface area contributed by atoms with Gasteiger partial charge in [0.05, 0.1) is 12.5 Å². The second-order valence-electron chi connectivity index (χ2n) is 8.40. The van der Waals surface area contributed by atoms with Crippen LogP contribution in [0.1, 0.15) is 12.0 Å². The Morgan fingerprint density at radius 2 is 1.87 bits per heavy atom. The molecule has 0 spiro atoms. The highest BCUT2D eigenvalue weighted by atomic mass is 16.5. The molecule has 5 aliphatic rings.